The van der Waals surface area contributed by atoms with Gasteiger partial charge in [-0.1, -0.05) is 18.2 Å². The van der Waals surface area contributed by atoms with Crippen LogP contribution in [0.1, 0.15) is 13.8 Å². The van der Waals surface area contributed by atoms with Crippen LogP contribution in [0.3, 0.4) is 0 Å². The SMILES string of the molecule is CC(=O)Oc1cc(Oc2ccccc2)ccc1OCC(C)O. The van der Waals surface area contributed by atoms with Gasteiger partial charge in [0.25, 0.3) is 0 Å². The summed E-state index contributed by atoms with van der Waals surface area (Å²) in [7, 11) is 0. The molecule has 1 N–H and O–H groups in total. The normalized spacial score (nSPS) is 11.6. The zero-order chi connectivity index (χ0) is 15.9. The fourth-order valence-electron chi connectivity index (χ4n) is 1.74. The van der Waals surface area contributed by atoms with E-state index in [-0.39, 0.29) is 12.4 Å². The lowest BCUT2D eigenvalue weighted by Crippen LogP contribution is -2.13. The summed E-state index contributed by atoms with van der Waals surface area (Å²) in [5, 5.41) is 9.28. The topological polar surface area (TPSA) is 65.0 Å². The summed E-state index contributed by atoms with van der Waals surface area (Å²) in [5.41, 5.74) is 0. The number of aliphatic hydroxyl groups excluding tert-OH is 1. The molecule has 2 rings (SSSR count). The quantitative estimate of drug-likeness (QED) is 0.656. The molecule has 0 aliphatic rings. The lowest BCUT2D eigenvalue weighted by molar-refractivity contribution is -0.132. The third-order valence-corrected chi connectivity index (χ3v) is 2.63. The van der Waals surface area contributed by atoms with E-state index in [9.17, 15) is 9.90 Å². The molecule has 5 heteroatoms. The summed E-state index contributed by atoms with van der Waals surface area (Å²) in [6.45, 7) is 3.02. The van der Waals surface area contributed by atoms with Crippen molar-refractivity contribution >= 4 is 5.97 Å². The third kappa shape index (κ3) is 4.79. The van der Waals surface area contributed by atoms with Crippen molar-refractivity contribution in [2.45, 2.75) is 20.0 Å². The second-order valence-corrected chi connectivity index (χ2v) is 4.78. The van der Waals surface area contributed by atoms with Gasteiger partial charge in [-0.25, -0.2) is 0 Å². The molecule has 0 aromatic heterocycles. The highest BCUT2D eigenvalue weighted by Crippen LogP contribution is 2.33. The van der Waals surface area contributed by atoms with Crippen molar-refractivity contribution in [1.82, 2.24) is 0 Å². The van der Waals surface area contributed by atoms with Crippen molar-refractivity contribution < 1.29 is 24.1 Å². The molecular formula is C17H18O5. The molecule has 1 atom stereocenters. The Bertz CT molecular complexity index is 622. The molecule has 0 aliphatic carbocycles. The summed E-state index contributed by atoms with van der Waals surface area (Å²) < 4.78 is 16.2. The van der Waals surface area contributed by atoms with Crippen LogP contribution in [0.5, 0.6) is 23.0 Å². The summed E-state index contributed by atoms with van der Waals surface area (Å²) in [5.74, 6) is 1.36. The standard InChI is InChI=1S/C17H18O5/c1-12(18)11-20-16-9-8-15(10-17(16)21-13(2)19)22-14-6-4-3-5-7-14/h3-10,12,18H,11H2,1-2H3. The van der Waals surface area contributed by atoms with Gasteiger partial charge in [-0.3, -0.25) is 4.79 Å². The Kier molecular flexibility index (Phi) is 5.38. The molecule has 0 radical (unpaired) electrons. The van der Waals surface area contributed by atoms with E-state index in [1.165, 1.54) is 6.92 Å². The van der Waals surface area contributed by atoms with Gasteiger partial charge in [-0.2, -0.15) is 0 Å². The minimum Gasteiger partial charge on any atom is -0.487 e. The first-order valence-electron chi connectivity index (χ1n) is 6.91. The number of ether oxygens (including phenoxy) is 3. The molecule has 5 nitrogen and oxygen atoms in total. The number of hydrogen-bond donors (Lipinski definition) is 1. The van der Waals surface area contributed by atoms with Crippen LogP contribution < -0.4 is 14.2 Å². The molecule has 0 fully saturated rings. The number of carbonyl (C=O) groups is 1. The smallest absolute Gasteiger partial charge is 0.308 e. The number of esters is 1. The van der Waals surface area contributed by atoms with Gasteiger partial charge in [-0.05, 0) is 31.2 Å². The molecule has 0 amide bonds. The minimum atomic E-state index is -0.620. The Morgan fingerprint density at radius 2 is 1.82 bits per heavy atom. The van der Waals surface area contributed by atoms with Crippen LogP contribution in [0.15, 0.2) is 48.5 Å². The first-order chi connectivity index (χ1) is 10.5. The van der Waals surface area contributed by atoms with E-state index in [0.717, 1.165) is 0 Å². The Morgan fingerprint density at radius 3 is 2.45 bits per heavy atom. The van der Waals surface area contributed by atoms with Crippen LogP contribution in [0.4, 0.5) is 0 Å². The predicted octanol–water partition coefficient (Wildman–Crippen LogP) is 3.16. The zero-order valence-corrected chi connectivity index (χ0v) is 12.5. The van der Waals surface area contributed by atoms with Gasteiger partial charge < -0.3 is 19.3 Å². The van der Waals surface area contributed by atoms with E-state index in [1.807, 2.05) is 30.3 Å². The number of aliphatic hydroxyl groups is 1. The van der Waals surface area contributed by atoms with Crippen LogP contribution in [-0.2, 0) is 4.79 Å². The van der Waals surface area contributed by atoms with E-state index >= 15 is 0 Å². The number of benzene rings is 2. The highest BCUT2D eigenvalue weighted by Gasteiger charge is 2.11. The van der Waals surface area contributed by atoms with Crippen molar-refractivity contribution in [3.8, 4) is 23.0 Å². The highest BCUT2D eigenvalue weighted by atomic mass is 16.6. The molecule has 116 valence electrons. The maximum Gasteiger partial charge on any atom is 0.308 e. The Labute approximate surface area is 129 Å². The lowest BCUT2D eigenvalue weighted by Gasteiger charge is -2.14. The van der Waals surface area contributed by atoms with Gasteiger partial charge in [0.1, 0.15) is 18.1 Å². The molecule has 22 heavy (non-hydrogen) atoms. The van der Waals surface area contributed by atoms with Crippen molar-refractivity contribution in [2.24, 2.45) is 0 Å². The Balaban J connectivity index is 2.20. The van der Waals surface area contributed by atoms with Gasteiger partial charge in [-0.15, -0.1) is 0 Å². The maximum atomic E-state index is 11.2. The molecular weight excluding hydrogens is 284 g/mol. The number of para-hydroxylation sites is 1. The van der Waals surface area contributed by atoms with Gasteiger partial charge in [0, 0.05) is 13.0 Å². The van der Waals surface area contributed by atoms with Crippen LogP contribution in [0.2, 0.25) is 0 Å². The third-order valence-electron chi connectivity index (χ3n) is 2.63. The number of hydrogen-bond acceptors (Lipinski definition) is 5. The van der Waals surface area contributed by atoms with Gasteiger partial charge in [0.2, 0.25) is 0 Å². The summed E-state index contributed by atoms with van der Waals surface area (Å²) in [6, 6.07) is 14.2. The molecule has 2 aromatic rings. The molecule has 2 aromatic carbocycles. The van der Waals surface area contributed by atoms with Crippen LogP contribution in [0.25, 0.3) is 0 Å². The van der Waals surface area contributed by atoms with E-state index in [4.69, 9.17) is 14.2 Å². The molecule has 0 saturated carbocycles. The van der Waals surface area contributed by atoms with Crippen molar-refractivity contribution in [3.05, 3.63) is 48.5 Å². The fourth-order valence-corrected chi connectivity index (χ4v) is 1.74. The zero-order valence-electron chi connectivity index (χ0n) is 12.5. The molecule has 0 saturated heterocycles. The van der Waals surface area contributed by atoms with E-state index in [1.54, 1.807) is 25.1 Å². The van der Waals surface area contributed by atoms with E-state index in [2.05, 4.69) is 0 Å². The maximum absolute atomic E-state index is 11.2. The van der Waals surface area contributed by atoms with Crippen molar-refractivity contribution in [2.75, 3.05) is 6.61 Å². The van der Waals surface area contributed by atoms with E-state index < -0.39 is 12.1 Å². The monoisotopic (exact) mass is 302 g/mol. The first kappa shape index (κ1) is 15.9. The van der Waals surface area contributed by atoms with Crippen molar-refractivity contribution in [3.63, 3.8) is 0 Å². The summed E-state index contributed by atoms with van der Waals surface area (Å²) in [4.78, 5) is 11.2. The first-order valence-corrected chi connectivity index (χ1v) is 6.91. The number of rotatable bonds is 6. The predicted molar refractivity (Wildman–Crippen MR) is 81.4 cm³/mol. The van der Waals surface area contributed by atoms with Crippen LogP contribution >= 0.6 is 0 Å². The van der Waals surface area contributed by atoms with Crippen molar-refractivity contribution in [1.29, 1.82) is 0 Å². The molecule has 0 bridgehead atoms. The Morgan fingerprint density at radius 1 is 1.09 bits per heavy atom. The largest absolute Gasteiger partial charge is 0.487 e. The minimum absolute atomic E-state index is 0.104. The summed E-state index contributed by atoms with van der Waals surface area (Å²) >= 11 is 0. The second-order valence-electron chi connectivity index (χ2n) is 4.78. The molecule has 0 spiro atoms. The Hall–Kier alpha value is -2.53. The van der Waals surface area contributed by atoms with E-state index in [0.29, 0.717) is 17.2 Å². The lowest BCUT2D eigenvalue weighted by atomic mass is 10.3. The van der Waals surface area contributed by atoms with Gasteiger partial charge in [0.05, 0.1) is 6.10 Å². The average molecular weight is 302 g/mol. The van der Waals surface area contributed by atoms with Crippen LogP contribution in [-0.4, -0.2) is 23.8 Å². The average Bonchev–Trinajstić information content (AvgIpc) is 2.47. The fraction of sp³-hybridized carbons (Fsp3) is 0.235. The molecule has 0 aliphatic heterocycles. The van der Waals surface area contributed by atoms with Crippen LogP contribution in [0, 0.1) is 0 Å². The number of carbonyl (C=O) groups excluding carboxylic acids is 1. The second kappa shape index (κ2) is 7.47. The highest BCUT2D eigenvalue weighted by molar-refractivity contribution is 5.70. The van der Waals surface area contributed by atoms with Gasteiger partial charge in [0.15, 0.2) is 11.5 Å². The van der Waals surface area contributed by atoms with Gasteiger partial charge >= 0.3 is 5.97 Å². The summed E-state index contributed by atoms with van der Waals surface area (Å²) in [6.07, 6.45) is -0.620. The molecule has 0 heterocycles. The molecule has 1 unspecified atom stereocenters.